The molecule has 4 heterocycles. The molecular formula is C30H29FN6S. The highest BCUT2D eigenvalue weighted by Gasteiger charge is 2.21. The van der Waals surface area contributed by atoms with Gasteiger partial charge in [0.05, 0.1) is 21.3 Å². The molecule has 192 valence electrons. The first-order valence-electron chi connectivity index (χ1n) is 12.4. The van der Waals surface area contributed by atoms with Gasteiger partial charge in [0.2, 0.25) is 0 Å². The van der Waals surface area contributed by atoms with E-state index in [1.807, 2.05) is 37.3 Å². The third kappa shape index (κ3) is 4.59. The SMILES string of the molecule is C=C/C(=C\C(=C/C)c1ccc2[nH]nc(-c3nc4c(-c5ccc(C)s5)nccc4[nH]3)c2c1F)NC(=C)C(C)C. The molecule has 0 spiro atoms. The molecule has 5 rings (SSSR count). The summed E-state index contributed by atoms with van der Waals surface area (Å²) in [5, 5.41) is 11.0. The van der Waals surface area contributed by atoms with Crippen LogP contribution in [0.2, 0.25) is 0 Å². The molecule has 6 nitrogen and oxygen atoms in total. The summed E-state index contributed by atoms with van der Waals surface area (Å²) in [5.41, 5.74) is 6.08. The molecule has 3 N–H and O–H groups in total. The van der Waals surface area contributed by atoms with Gasteiger partial charge in [0.1, 0.15) is 22.7 Å². The molecule has 4 aromatic heterocycles. The standard InChI is InChI=1S/C30H29FN6S/c1-7-19(15-20(8-2)33-18(6)16(3)4)21-10-11-22-25(26(21)31)29(37-36-22)30-34-23-13-14-32-28(27(23)35-30)24-12-9-17(5)38-24/h7-16,33H,2,6H2,1,3-5H3,(H,34,35)(H,36,37)/b19-7+,20-15+. The van der Waals surface area contributed by atoms with Crippen molar-refractivity contribution < 1.29 is 4.39 Å². The van der Waals surface area contributed by atoms with Gasteiger partial charge in [-0.1, -0.05) is 33.1 Å². The number of hydrogen-bond donors (Lipinski definition) is 3. The number of halogens is 1. The molecule has 0 unspecified atom stereocenters. The summed E-state index contributed by atoms with van der Waals surface area (Å²) in [6.07, 6.45) is 7.19. The zero-order valence-corrected chi connectivity index (χ0v) is 22.6. The van der Waals surface area contributed by atoms with Crippen molar-refractivity contribution in [2.45, 2.75) is 27.7 Å². The van der Waals surface area contributed by atoms with Crippen LogP contribution in [0.3, 0.4) is 0 Å². The van der Waals surface area contributed by atoms with Crippen molar-refractivity contribution in [1.29, 1.82) is 0 Å². The van der Waals surface area contributed by atoms with Crippen LogP contribution in [-0.4, -0.2) is 25.1 Å². The molecule has 0 aliphatic heterocycles. The van der Waals surface area contributed by atoms with Gasteiger partial charge in [-0.3, -0.25) is 10.1 Å². The number of fused-ring (bicyclic) bond motifs is 2. The summed E-state index contributed by atoms with van der Waals surface area (Å²) in [6, 6.07) is 9.55. The highest BCUT2D eigenvalue weighted by atomic mass is 32.1. The Morgan fingerprint density at radius 1 is 1.13 bits per heavy atom. The van der Waals surface area contributed by atoms with Crippen LogP contribution < -0.4 is 5.32 Å². The number of thiophene rings is 1. The van der Waals surface area contributed by atoms with Crippen molar-refractivity contribution in [2.24, 2.45) is 5.92 Å². The Labute approximate surface area is 224 Å². The molecule has 0 bridgehead atoms. The van der Waals surface area contributed by atoms with Gasteiger partial charge in [0.25, 0.3) is 0 Å². The van der Waals surface area contributed by atoms with Crippen LogP contribution in [0.25, 0.3) is 49.6 Å². The van der Waals surface area contributed by atoms with Crippen LogP contribution >= 0.6 is 11.3 Å². The number of hydrogen-bond acceptors (Lipinski definition) is 5. The van der Waals surface area contributed by atoms with Crippen molar-refractivity contribution >= 4 is 38.8 Å². The molecular weight excluding hydrogens is 495 g/mol. The molecule has 8 heteroatoms. The Morgan fingerprint density at radius 3 is 2.63 bits per heavy atom. The summed E-state index contributed by atoms with van der Waals surface area (Å²) >= 11 is 1.66. The highest BCUT2D eigenvalue weighted by molar-refractivity contribution is 7.15. The van der Waals surface area contributed by atoms with E-state index >= 15 is 4.39 Å². The van der Waals surface area contributed by atoms with Crippen molar-refractivity contribution in [3.63, 3.8) is 0 Å². The van der Waals surface area contributed by atoms with E-state index in [2.05, 4.69) is 65.5 Å². The third-order valence-electron chi connectivity index (χ3n) is 6.42. The number of aromatic amines is 2. The smallest absolute Gasteiger partial charge is 0.159 e. The van der Waals surface area contributed by atoms with E-state index in [4.69, 9.17) is 4.98 Å². The fraction of sp³-hybridized carbons (Fsp3) is 0.167. The number of imidazole rings is 1. The average molecular weight is 525 g/mol. The summed E-state index contributed by atoms with van der Waals surface area (Å²) < 4.78 is 16.2. The number of H-pyrrole nitrogens is 2. The number of aromatic nitrogens is 5. The van der Waals surface area contributed by atoms with Crippen LogP contribution in [0.1, 0.15) is 31.2 Å². The summed E-state index contributed by atoms with van der Waals surface area (Å²) in [6.45, 7) is 16.0. The average Bonchev–Trinajstić information content (AvgIpc) is 3.64. The van der Waals surface area contributed by atoms with Gasteiger partial charge >= 0.3 is 0 Å². The Balaban J connectivity index is 1.60. The molecule has 38 heavy (non-hydrogen) atoms. The third-order valence-corrected chi connectivity index (χ3v) is 7.43. The zero-order valence-electron chi connectivity index (χ0n) is 21.8. The number of rotatable bonds is 8. The van der Waals surface area contributed by atoms with Crippen molar-refractivity contribution in [2.75, 3.05) is 0 Å². The van der Waals surface area contributed by atoms with Crippen LogP contribution in [0.4, 0.5) is 4.39 Å². The first-order chi connectivity index (χ1) is 18.3. The molecule has 0 saturated carbocycles. The zero-order chi connectivity index (χ0) is 27.0. The van der Waals surface area contributed by atoms with Gasteiger partial charge in [0.15, 0.2) is 5.82 Å². The van der Waals surface area contributed by atoms with Crippen molar-refractivity contribution in [3.05, 3.63) is 95.6 Å². The second kappa shape index (κ2) is 10.2. The molecule has 0 radical (unpaired) electrons. The minimum Gasteiger partial charge on any atom is -0.359 e. The first-order valence-corrected chi connectivity index (χ1v) is 13.2. The molecule has 0 amide bonds. The Hall–Kier alpha value is -4.30. The quantitative estimate of drug-likeness (QED) is 0.180. The van der Waals surface area contributed by atoms with E-state index in [-0.39, 0.29) is 11.7 Å². The van der Waals surface area contributed by atoms with E-state index in [1.54, 1.807) is 29.7 Å². The Morgan fingerprint density at radius 2 is 1.95 bits per heavy atom. The normalized spacial score (nSPS) is 12.6. The molecule has 5 aromatic rings. The molecule has 0 saturated heterocycles. The monoisotopic (exact) mass is 524 g/mol. The van der Waals surface area contributed by atoms with Gasteiger partial charge in [0, 0.05) is 28.0 Å². The minimum atomic E-state index is -0.380. The molecule has 0 aliphatic rings. The van der Waals surface area contributed by atoms with Gasteiger partial charge < -0.3 is 10.3 Å². The topological polar surface area (TPSA) is 82.3 Å². The maximum Gasteiger partial charge on any atom is 0.159 e. The van der Waals surface area contributed by atoms with E-state index in [9.17, 15) is 0 Å². The maximum atomic E-state index is 16.2. The Bertz CT molecular complexity index is 1750. The lowest BCUT2D eigenvalue weighted by molar-refractivity contribution is 0.636. The molecule has 0 aliphatic carbocycles. The van der Waals surface area contributed by atoms with Crippen LogP contribution in [0.5, 0.6) is 0 Å². The van der Waals surface area contributed by atoms with E-state index in [0.29, 0.717) is 33.6 Å². The van der Waals surface area contributed by atoms with Crippen LogP contribution in [-0.2, 0) is 0 Å². The summed E-state index contributed by atoms with van der Waals surface area (Å²) in [5.74, 6) is 0.343. The number of nitrogens with zero attached hydrogens (tertiary/aromatic N) is 3. The number of benzene rings is 1. The largest absolute Gasteiger partial charge is 0.359 e. The van der Waals surface area contributed by atoms with Gasteiger partial charge in [-0.25, -0.2) is 9.37 Å². The van der Waals surface area contributed by atoms with Crippen molar-refractivity contribution in [3.8, 4) is 22.1 Å². The second-order valence-corrected chi connectivity index (χ2v) is 10.6. The minimum absolute atomic E-state index is 0.248. The summed E-state index contributed by atoms with van der Waals surface area (Å²) in [7, 11) is 0. The summed E-state index contributed by atoms with van der Waals surface area (Å²) in [4.78, 5) is 14.9. The predicted octanol–water partition coefficient (Wildman–Crippen LogP) is 7.91. The highest BCUT2D eigenvalue weighted by Crippen LogP contribution is 2.35. The van der Waals surface area contributed by atoms with Gasteiger partial charge in [-0.15, -0.1) is 11.3 Å². The van der Waals surface area contributed by atoms with E-state index < -0.39 is 0 Å². The molecule has 0 fully saturated rings. The lowest BCUT2D eigenvalue weighted by Crippen LogP contribution is -2.14. The Kier molecular flexibility index (Phi) is 6.82. The number of aryl methyl sites for hydroxylation is 1. The molecule has 1 aromatic carbocycles. The van der Waals surface area contributed by atoms with Crippen LogP contribution in [0.15, 0.2) is 79.3 Å². The fourth-order valence-electron chi connectivity index (χ4n) is 4.22. The maximum absolute atomic E-state index is 16.2. The fourth-order valence-corrected chi connectivity index (χ4v) is 5.08. The molecule has 0 atom stereocenters. The predicted molar refractivity (Wildman–Crippen MR) is 156 cm³/mol. The van der Waals surface area contributed by atoms with Gasteiger partial charge in [-0.2, -0.15) is 5.10 Å². The van der Waals surface area contributed by atoms with Crippen LogP contribution in [0, 0.1) is 18.7 Å². The van der Waals surface area contributed by atoms with Crippen molar-refractivity contribution in [1.82, 2.24) is 30.5 Å². The van der Waals surface area contributed by atoms with Gasteiger partial charge in [-0.05, 0) is 67.8 Å². The first kappa shape index (κ1) is 25.4. The number of nitrogens with one attached hydrogen (secondary N) is 3. The number of pyridine rings is 1. The van der Waals surface area contributed by atoms with E-state index in [1.165, 1.54) is 4.88 Å². The van der Waals surface area contributed by atoms with E-state index in [0.717, 1.165) is 33.0 Å². The second-order valence-electron chi connectivity index (χ2n) is 9.33. The lowest BCUT2D eigenvalue weighted by atomic mass is 10.0. The lowest BCUT2D eigenvalue weighted by Gasteiger charge is -2.14. The number of allylic oxidation sites excluding steroid dienone is 5.